The zero-order chi connectivity index (χ0) is 15.7. The van der Waals surface area contributed by atoms with Gasteiger partial charge in [-0.25, -0.2) is 0 Å². The molecular weight excluding hydrogens is 254 g/mol. The topological polar surface area (TPSA) is 3.24 Å². The van der Waals surface area contributed by atoms with Gasteiger partial charge >= 0.3 is 0 Å². The summed E-state index contributed by atoms with van der Waals surface area (Å²) >= 11 is 0. The van der Waals surface area contributed by atoms with E-state index in [1.165, 1.54) is 5.56 Å². The van der Waals surface area contributed by atoms with Crippen LogP contribution in [0.15, 0.2) is 50.1 Å². The molecule has 0 bridgehead atoms. The van der Waals surface area contributed by atoms with Crippen LogP contribution in [0.3, 0.4) is 0 Å². The van der Waals surface area contributed by atoms with Crippen molar-refractivity contribution in [3.63, 3.8) is 0 Å². The third-order valence-corrected chi connectivity index (χ3v) is 3.60. The standard InChI is InChI=1S/C20H25N/c1-6-10-15-19(9-4)21(5)16-20-17(8-3)13-11-14-18(20)12-7-2/h6,8-9,11,13-14,19H,1,3-4,10,15-16H2,2,5H3. The fraction of sp³-hybridized carbons (Fsp3) is 0.300. The minimum atomic E-state index is 0.336. The zero-order valence-electron chi connectivity index (χ0n) is 13.2. The van der Waals surface area contributed by atoms with Crippen molar-refractivity contribution < 1.29 is 0 Å². The normalized spacial score (nSPS) is 11.4. The van der Waals surface area contributed by atoms with Crippen LogP contribution in [-0.4, -0.2) is 18.0 Å². The van der Waals surface area contributed by atoms with Crippen molar-refractivity contribution in [1.29, 1.82) is 0 Å². The molecule has 0 aliphatic rings. The van der Waals surface area contributed by atoms with Gasteiger partial charge in [0.15, 0.2) is 0 Å². The molecule has 0 fully saturated rings. The van der Waals surface area contributed by atoms with E-state index in [9.17, 15) is 0 Å². The Kier molecular flexibility index (Phi) is 7.29. The minimum absolute atomic E-state index is 0.336. The van der Waals surface area contributed by atoms with Crippen molar-refractivity contribution in [3.8, 4) is 11.8 Å². The number of hydrogen-bond donors (Lipinski definition) is 0. The van der Waals surface area contributed by atoms with Gasteiger partial charge in [0.1, 0.15) is 0 Å². The van der Waals surface area contributed by atoms with E-state index in [-0.39, 0.29) is 0 Å². The Balaban J connectivity index is 3.03. The average Bonchev–Trinajstić information content (AvgIpc) is 2.50. The van der Waals surface area contributed by atoms with Crippen molar-refractivity contribution in [2.24, 2.45) is 0 Å². The maximum absolute atomic E-state index is 3.95. The van der Waals surface area contributed by atoms with Crippen LogP contribution < -0.4 is 0 Å². The van der Waals surface area contributed by atoms with Crippen LogP contribution in [0.1, 0.15) is 36.5 Å². The SMILES string of the molecule is C=CCCC(C=C)N(C)Cc1c(C#CC)cccc1C=C. The summed E-state index contributed by atoms with van der Waals surface area (Å²) in [6.45, 7) is 14.4. The van der Waals surface area contributed by atoms with Crippen LogP contribution in [-0.2, 0) is 6.54 Å². The second-order valence-corrected chi connectivity index (χ2v) is 5.04. The van der Waals surface area contributed by atoms with Crippen LogP contribution in [0.25, 0.3) is 6.08 Å². The Morgan fingerprint density at radius 1 is 1.29 bits per heavy atom. The molecule has 0 saturated carbocycles. The van der Waals surface area contributed by atoms with Gasteiger partial charge in [-0.3, -0.25) is 4.90 Å². The summed E-state index contributed by atoms with van der Waals surface area (Å²) in [5.41, 5.74) is 3.46. The predicted molar refractivity (Wildman–Crippen MR) is 94.0 cm³/mol. The molecule has 0 aliphatic heterocycles. The monoisotopic (exact) mass is 279 g/mol. The largest absolute Gasteiger partial charge is 0.296 e. The molecule has 1 aromatic rings. The van der Waals surface area contributed by atoms with Gasteiger partial charge in [-0.1, -0.05) is 42.9 Å². The fourth-order valence-electron chi connectivity index (χ4n) is 2.40. The summed E-state index contributed by atoms with van der Waals surface area (Å²) < 4.78 is 0. The molecule has 1 heteroatoms. The minimum Gasteiger partial charge on any atom is -0.296 e. The summed E-state index contributed by atoms with van der Waals surface area (Å²) in [5, 5.41) is 0. The first-order valence-corrected chi connectivity index (χ1v) is 7.28. The quantitative estimate of drug-likeness (QED) is 0.494. The molecule has 0 aromatic heterocycles. The van der Waals surface area contributed by atoms with E-state index in [2.05, 4.69) is 55.7 Å². The molecule has 1 aromatic carbocycles. The molecular formula is C20H25N. The van der Waals surface area contributed by atoms with Crippen LogP contribution in [0.2, 0.25) is 0 Å². The first-order chi connectivity index (χ1) is 10.2. The highest BCUT2D eigenvalue weighted by Gasteiger charge is 2.14. The Hall–Kier alpha value is -2.04. The number of rotatable bonds is 8. The lowest BCUT2D eigenvalue weighted by atomic mass is 9.99. The summed E-state index contributed by atoms with van der Waals surface area (Å²) in [4.78, 5) is 2.31. The van der Waals surface area contributed by atoms with Crippen LogP contribution >= 0.6 is 0 Å². The summed E-state index contributed by atoms with van der Waals surface area (Å²) in [6.07, 6.45) is 7.89. The third kappa shape index (κ3) is 4.77. The summed E-state index contributed by atoms with van der Waals surface area (Å²) in [7, 11) is 2.12. The van der Waals surface area contributed by atoms with E-state index >= 15 is 0 Å². The molecule has 1 nitrogen and oxygen atoms in total. The lowest BCUT2D eigenvalue weighted by Crippen LogP contribution is -2.29. The van der Waals surface area contributed by atoms with E-state index < -0.39 is 0 Å². The van der Waals surface area contributed by atoms with E-state index in [4.69, 9.17) is 0 Å². The molecule has 1 atom stereocenters. The number of likely N-dealkylation sites (N-methyl/N-ethyl adjacent to an activating group) is 1. The van der Waals surface area contributed by atoms with Gasteiger partial charge in [0.25, 0.3) is 0 Å². The molecule has 21 heavy (non-hydrogen) atoms. The summed E-state index contributed by atoms with van der Waals surface area (Å²) in [6, 6.07) is 6.52. The second-order valence-electron chi connectivity index (χ2n) is 5.04. The maximum Gasteiger partial charge on any atom is 0.0296 e. The van der Waals surface area contributed by atoms with Gasteiger partial charge in [-0.2, -0.15) is 0 Å². The predicted octanol–water partition coefficient (Wildman–Crippen LogP) is 4.65. The van der Waals surface area contributed by atoms with Crippen LogP contribution in [0, 0.1) is 11.8 Å². The number of hydrogen-bond acceptors (Lipinski definition) is 1. The third-order valence-electron chi connectivity index (χ3n) is 3.60. The molecule has 0 aliphatic carbocycles. The highest BCUT2D eigenvalue weighted by atomic mass is 15.1. The van der Waals surface area contributed by atoms with Crippen molar-refractivity contribution >= 4 is 6.08 Å². The average molecular weight is 279 g/mol. The van der Waals surface area contributed by atoms with Gasteiger partial charge in [0.05, 0.1) is 0 Å². The molecule has 1 rings (SSSR count). The van der Waals surface area contributed by atoms with Gasteiger partial charge in [-0.05, 0) is 44.0 Å². The zero-order valence-corrected chi connectivity index (χ0v) is 13.2. The Bertz CT molecular complexity index is 557. The van der Waals surface area contributed by atoms with Crippen molar-refractivity contribution in [2.45, 2.75) is 32.4 Å². The van der Waals surface area contributed by atoms with Gasteiger partial charge < -0.3 is 0 Å². The molecule has 0 saturated heterocycles. The van der Waals surface area contributed by atoms with Gasteiger partial charge in [0, 0.05) is 18.2 Å². The van der Waals surface area contributed by atoms with Crippen molar-refractivity contribution in [1.82, 2.24) is 4.90 Å². The Morgan fingerprint density at radius 2 is 2.05 bits per heavy atom. The maximum atomic E-state index is 3.95. The van der Waals surface area contributed by atoms with Gasteiger partial charge in [0.2, 0.25) is 0 Å². The first kappa shape index (κ1) is 17.0. The molecule has 0 N–H and O–H groups in total. The summed E-state index contributed by atoms with van der Waals surface area (Å²) in [5.74, 6) is 6.18. The lowest BCUT2D eigenvalue weighted by Gasteiger charge is -2.26. The smallest absolute Gasteiger partial charge is 0.0296 e. The number of allylic oxidation sites excluding steroid dienone is 1. The number of nitrogens with zero attached hydrogens (tertiary/aromatic N) is 1. The molecule has 0 amide bonds. The Morgan fingerprint density at radius 3 is 2.62 bits per heavy atom. The van der Waals surface area contributed by atoms with Crippen LogP contribution in [0.4, 0.5) is 0 Å². The van der Waals surface area contributed by atoms with E-state index in [1.807, 2.05) is 31.2 Å². The highest BCUT2D eigenvalue weighted by molar-refractivity contribution is 5.58. The van der Waals surface area contributed by atoms with E-state index in [0.29, 0.717) is 6.04 Å². The molecule has 1 unspecified atom stereocenters. The molecule has 0 spiro atoms. The van der Waals surface area contributed by atoms with E-state index in [0.717, 1.165) is 30.5 Å². The van der Waals surface area contributed by atoms with Gasteiger partial charge in [-0.15, -0.1) is 19.1 Å². The fourth-order valence-corrected chi connectivity index (χ4v) is 2.40. The molecule has 0 heterocycles. The van der Waals surface area contributed by atoms with Crippen molar-refractivity contribution in [2.75, 3.05) is 7.05 Å². The Labute approximate surface area is 129 Å². The second kappa shape index (κ2) is 9.00. The lowest BCUT2D eigenvalue weighted by molar-refractivity contribution is 0.263. The molecule has 110 valence electrons. The molecule has 0 radical (unpaired) electrons. The number of benzene rings is 1. The van der Waals surface area contributed by atoms with Crippen molar-refractivity contribution in [3.05, 3.63) is 66.8 Å². The first-order valence-electron chi connectivity index (χ1n) is 7.28. The highest BCUT2D eigenvalue weighted by Crippen LogP contribution is 2.20. The van der Waals surface area contributed by atoms with E-state index in [1.54, 1.807) is 0 Å². The van der Waals surface area contributed by atoms with Crippen LogP contribution in [0.5, 0.6) is 0 Å².